The molecule has 0 spiro atoms. The Morgan fingerprint density at radius 3 is 2.45 bits per heavy atom. The average molecular weight is 392 g/mol. The minimum absolute atomic E-state index is 0.0350. The zero-order chi connectivity index (χ0) is 20.8. The molecule has 1 amide bonds. The first-order valence-electron chi connectivity index (χ1n) is 10.2. The van der Waals surface area contributed by atoms with Gasteiger partial charge in [-0.15, -0.1) is 0 Å². The smallest absolute Gasteiger partial charge is 0.261 e. The number of benzene rings is 2. The van der Waals surface area contributed by atoms with Crippen molar-refractivity contribution in [1.82, 2.24) is 4.90 Å². The first-order valence-corrected chi connectivity index (χ1v) is 10.2. The third-order valence-corrected chi connectivity index (χ3v) is 5.03. The van der Waals surface area contributed by atoms with Gasteiger partial charge in [0.15, 0.2) is 18.1 Å². The first kappa shape index (κ1) is 20.7. The topological polar surface area (TPSA) is 62.6 Å². The highest BCUT2D eigenvalue weighted by atomic mass is 16.5. The number of hydrogen-bond donors (Lipinski definition) is 0. The highest BCUT2D eigenvalue weighted by Gasteiger charge is 2.32. The van der Waals surface area contributed by atoms with Crippen molar-refractivity contribution in [3.05, 3.63) is 59.2 Å². The Hall–Kier alpha value is -3.00. The molecule has 1 saturated carbocycles. The molecule has 2 aromatic carbocycles. The molecular formula is C24H28N2O3. The summed E-state index contributed by atoms with van der Waals surface area (Å²) in [5, 5.41) is 9.06. The van der Waals surface area contributed by atoms with Crippen LogP contribution in [0.5, 0.6) is 11.5 Å². The summed E-state index contributed by atoms with van der Waals surface area (Å²) in [5.41, 5.74) is 2.92. The Morgan fingerprint density at radius 2 is 1.86 bits per heavy atom. The number of rotatable bonds is 9. The molecule has 0 heterocycles. The van der Waals surface area contributed by atoms with Crippen LogP contribution in [0.25, 0.3) is 0 Å². The molecule has 1 aliphatic carbocycles. The normalized spacial score (nSPS) is 13.1. The number of amides is 1. The van der Waals surface area contributed by atoms with Gasteiger partial charge in [0.25, 0.3) is 5.91 Å². The van der Waals surface area contributed by atoms with Gasteiger partial charge in [-0.2, -0.15) is 5.26 Å². The van der Waals surface area contributed by atoms with E-state index in [0.717, 1.165) is 18.4 Å². The van der Waals surface area contributed by atoms with Crippen molar-refractivity contribution in [2.45, 2.75) is 52.1 Å². The summed E-state index contributed by atoms with van der Waals surface area (Å²) < 4.78 is 11.3. The van der Waals surface area contributed by atoms with E-state index in [1.165, 1.54) is 5.56 Å². The fraction of sp³-hybridized carbons (Fsp3) is 0.417. The molecule has 1 aliphatic rings. The third-order valence-electron chi connectivity index (χ3n) is 5.03. The van der Waals surface area contributed by atoms with Crippen LogP contribution >= 0.6 is 0 Å². The Balaban J connectivity index is 1.65. The van der Waals surface area contributed by atoms with Crippen LogP contribution in [0.3, 0.4) is 0 Å². The largest absolute Gasteiger partial charge is 0.490 e. The van der Waals surface area contributed by atoms with Crippen molar-refractivity contribution in [2.24, 2.45) is 0 Å². The van der Waals surface area contributed by atoms with Crippen LogP contribution in [-0.4, -0.2) is 30.1 Å². The van der Waals surface area contributed by atoms with Crippen LogP contribution in [0, 0.1) is 11.3 Å². The van der Waals surface area contributed by atoms with E-state index in [4.69, 9.17) is 14.7 Å². The Kier molecular flexibility index (Phi) is 6.77. The molecule has 29 heavy (non-hydrogen) atoms. The second-order valence-corrected chi connectivity index (χ2v) is 7.64. The van der Waals surface area contributed by atoms with E-state index in [9.17, 15) is 4.79 Å². The van der Waals surface area contributed by atoms with Gasteiger partial charge in [-0.25, -0.2) is 0 Å². The summed E-state index contributed by atoms with van der Waals surface area (Å²) in [6, 6.07) is 15.8. The molecule has 0 unspecified atom stereocenters. The summed E-state index contributed by atoms with van der Waals surface area (Å²) in [6.45, 7) is 7.22. The maximum absolute atomic E-state index is 12.9. The number of ether oxygens (including phenoxy) is 2. The summed E-state index contributed by atoms with van der Waals surface area (Å²) in [6.07, 6.45) is 2.08. The molecule has 0 aromatic heterocycles. The van der Waals surface area contributed by atoms with Gasteiger partial charge in [-0.3, -0.25) is 4.79 Å². The number of hydrogen-bond acceptors (Lipinski definition) is 4. The lowest BCUT2D eigenvalue weighted by Gasteiger charge is -2.23. The Morgan fingerprint density at radius 1 is 1.14 bits per heavy atom. The van der Waals surface area contributed by atoms with Gasteiger partial charge in [-0.1, -0.05) is 38.1 Å². The van der Waals surface area contributed by atoms with E-state index in [1.807, 2.05) is 11.8 Å². The molecule has 152 valence electrons. The lowest BCUT2D eigenvalue weighted by atomic mass is 10.0. The molecule has 0 atom stereocenters. The molecule has 5 heteroatoms. The quantitative estimate of drug-likeness (QED) is 0.623. The summed E-state index contributed by atoms with van der Waals surface area (Å²) in [4.78, 5) is 14.8. The van der Waals surface area contributed by atoms with E-state index in [1.54, 1.807) is 18.2 Å². The molecule has 0 aliphatic heterocycles. The van der Waals surface area contributed by atoms with Crippen LogP contribution in [0.2, 0.25) is 0 Å². The lowest BCUT2D eigenvalue weighted by molar-refractivity contribution is -0.134. The van der Waals surface area contributed by atoms with Crippen LogP contribution in [0.1, 0.15) is 56.2 Å². The molecule has 1 fully saturated rings. The van der Waals surface area contributed by atoms with E-state index < -0.39 is 0 Å². The highest BCUT2D eigenvalue weighted by Crippen LogP contribution is 2.31. The van der Waals surface area contributed by atoms with Gasteiger partial charge >= 0.3 is 0 Å². The molecule has 0 saturated heterocycles. The lowest BCUT2D eigenvalue weighted by Crippen LogP contribution is -2.36. The van der Waals surface area contributed by atoms with Crippen molar-refractivity contribution in [3.63, 3.8) is 0 Å². The van der Waals surface area contributed by atoms with Crippen molar-refractivity contribution in [2.75, 3.05) is 13.2 Å². The van der Waals surface area contributed by atoms with Gasteiger partial charge in [0.2, 0.25) is 0 Å². The van der Waals surface area contributed by atoms with Gasteiger partial charge < -0.3 is 14.4 Å². The standard InChI is InChI=1S/C24H28N2O3/c1-4-28-23-13-19(14-25)7-12-22(23)29-16-24(27)26(21-10-11-21)15-18-5-8-20(9-6-18)17(2)3/h5-9,12-13,17,21H,4,10-11,15-16H2,1-3H3. The predicted molar refractivity (Wildman–Crippen MR) is 112 cm³/mol. The highest BCUT2D eigenvalue weighted by molar-refractivity contribution is 5.78. The van der Waals surface area contributed by atoms with Crippen molar-refractivity contribution >= 4 is 5.91 Å². The molecule has 0 N–H and O–H groups in total. The minimum atomic E-state index is -0.0491. The molecule has 5 nitrogen and oxygen atoms in total. The number of carbonyl (C=O) groups excluding carboxylic acids is 1. The molecule has 2 aromatic rings. The monoisotopic (exact) mass is 392 g/mol. The summed E-state index contributed by atoms with van der Waals surface area (Å²) >= 11 is 0. The molecule has 0 radical (unpaired) electrons. The second-order valence-electron chi connectivity index (χ2n) is 7.64. The Labute approximate surface area is 172 Å². The zero-order valence-electron chi connectivity index (χ0n) is 17.4. The van der Waals surface area contributed by atoms with Gasteiger partial charge in [-0.05, 0) is 48.9 Å². The number of nitriles is 1. The zero-order valence-corrected chi connectivity index (χ0v) is 17.4. The fourth-order valence-electron chi connectivity index (χ4n) is 3.20. The average Bonchev–Trinajstić information content (AvgIpc) is 3.56. The molecular weight excluding hydrogens is 364 g/mol. The van der Waals surface area contributed by atoms with E-state index in [0.29, 0.717) is 42.2 Å². The van der Waals surface area contributed by atoms with Crippen LogP contribution in [0.4, 0.5) is 0 Å². The van der Waals surface area contributed by atoms with Crippen LogP contribution < -0.4 is 9.47 Å². The minimum Gasteiger partial charge on any atom is -0.490 e. The predicted octanol–water partition coefficient (Wildman–Crippen LogP) is 4.65. The van der Waals surface area contributed by atoms with E-state index in [-0.39, 0.29) is 12.5 Å². The fourth-order valence-corrected chi connectivity index (χ4v) is 3.20. The van der Waals surface area contributed by atoms with Crippen LogP contribution in [-0.2, 0) is 11.3 Å². The SMILES string of the molecule is CCOc1cc(C#N)ccc1OCC(=O)N(Cc1ccc(C(C)C)cc1)C1CC1. The summed E-state index contributed by atoms with van der Waals surface area (Å²) in [7, 11) is 0. The maximum atomic E-state index is 12.9. The Bertz CT molecular complexity index is 880. The maximum Gasteiger partial charge on any atom is 0.261 e. The van der Waals surface area contributed by atoms with E-state index in [2.05, 4.69) is 44.2 Å². The van der Waals surface area contributed by atoms with Gasteiger partial charge in [0.05, 0.1) is 18.2 Å². The van der Waals surface area contributed by atoms with Crippen molar-refractivity contribution < 1.29 is 14.3 Å². The summed E-state index contributed by atoms with van der Waals surface area (Å²) in [5.74, 6) is 1.43. The molecule has 0 bridgehead atoms. The van der Waals surface area contributed by atoms with Crippen molar-refractivity contribution in [1.29, 1.82) is 5.26 Å². The van der Waals surface area contributed by atoms with Gasteiger partial charge in [0, 0.05) is 18.7 Å². The number of carbonyl (C=O) groups is 1. The second kappa shape index (κ2) is 9.47. The third kappa shape index (κ3) is 5.51. The van der Waals surface area contributed by atoms with Crippen LogP contribution in [0.15, 0.2) is 42.5 Å². The van der Waals surface area contributed by atoms with Crippen molar-refractivity contribution in [3.8, 4) is 17.6 Å². The van der Waals surface area contributed by atoms with E-state index >= 15 is 0 Å². The molecule has 3 rings (SSSR count). The van der Waals surface area contributed by atoms with Gasteiger partial charge in [0.1, 0.15) is 0 Å². The first-order chi connectivity index (χ1) is 14.0. The number of nitrogens with zero attached hydrogens (tertiary/aromatic N) is 2.